The minimum Gasteiger partial charge on any atom is -0.380 e. The number of pyridine rings is 1. The van der Waals surface area contributed by atoms with Gasteiger partial charge in [-0.2, -0.15) is 0 Å². The molecule has 1 amide bonds. The Morgan fingerprint density at radius 2 is 2.20 bits per heavy atom. The minimum absolute atomic E-state index is 0.221. The van der Waals surface area contributed by atoms with Crippen LogP contribution in [0.3, 0.4) is 0 Å². The maximum Gasteiger partial charge on any atom is 0.253 e. The molecular weight excluding hydrogens is 278 g/mol. The Bertz CT molecular complexity index is 438. The van der Waals surface area contributed by atoms with E-state index < -0.39 is 0 Å². The standard InChI is InChI=1S/C14H22ClN3O2/c1-10(2)4-6-20-7-5-17-14(19)11-8-13(16-3)18-9-12(11)15/h8-10H,4-7H2,1-3H3,(H,16,18)(H,17,19). The number of nitrogens with one attached hydrogen (secondary N) is 2. The van der Waals surface area contributed by atoms with Gasteiger partial charge < -0.3 is 15.4 Å². The Morgan fingerprint density at radius 1 is 1.45 bits per heavy atom. The number of amides is 1. The van der Waals surface area contributed by atoms with Crippen LogP contribution in [0.25, 0.3) is 0 Å². The van der Waals surface area contributed by atoms with E-state index in [9.17, 15) is 4.79 Å². The second-order valence-electron chi connectivity index (χ2n) is 4.85. The van der Waals surface area contributed by atoms with Crippen molar-refractivity contribution in [3.05, 3.63) is 22.8 Å². The minimum atomic E-state index is -0.221. The first-order valence-corrected chi connectivity index (χ1v) is 7.11. The van der Waals surface area contributed by atoms with Crippen LogP contribution in [0.4, 0.5) is 5.82 Å². The lowest BCUT2D eigenvalue weighted by Crippen LogP contribution is -2.27. The predicted octanol–water partition coefficient (Wildman–Crippen LogP) is 2.57. The number of anilines is 1. The van der Waals surface area contributed by atoms with Gasteiger partial charge in [0.1, 0.15) is 5.82 Å². The third kappa shape index (κ3) is 5.75. The molecule has 0 aliphatic heterocycles. The molecular formula is C14H22ClN3O2. The molecule has 1 aromatic rings. The van der Waals surface area contributed by atoms with Crippen LogP contribution >= 0.6 is 11.6 Å². The number of carbonyl (C=O) groups is 1. The van der Waals surface area contributed by atoms with Crippen LogP contribution in [-0.4, -0.2) is 37.7 Å². The third-order valence-corrected chi connectivity index (χ3v) is 3.03. The van der Waals surface area contributed by atoms with E-state index in [4.69, 9.17) is 16.3 Å². The second-order valence-corrected chi connectivity index (χ2v) is 5.26. The van der Waals surface area contributed by atoms with Crippen LogP contribution in [0.15, 0.2) is 12.3 Å². The number of aromatic nitrogens is 1. The third-order valence-electron chi connectivity index (χ3n) is 2.73. The van der Waals surface area contributed by atoms with Crippen molar-refractivity contribution in [2.24, 2.45) is 5.92 Å². The van der Waals surface area contributed by atoms with Crippen LogP contribution in [-0.2, 0) is 4.74 Å². The molecule has 1 aromatic heterocycles. The van der Waals surface area contributed by atoms with E-state index in [1.165, 1.54) is 6.20 Å². The highest BCUT2D eigenvalue weighted by atomic mass is 35.5. The van der Waals surface area contributed by atoms with Gasteiger partial charge in [-0.3, -0.25) is 4.79 Å². The van der Waals surface area contributed by atoms with Gasteiger partial charge in [0.2, 0.25) is 0 Å². The summed E-state index contributed by atoms with van der Waals surface area (Å²) < 4.78 is 5.43. The van der Waals surface area contributed by atoms with Gasteiger partial charge in [0, 0.05) is 26.4 Å². The first kappa shape index (κ1) is 16.7. The van der Waals surface area contributed by atoms with Gasteiger partial charge >= 0.3 is 0 Å². The van der Waals surface area contributed by atoms with E-state index in [2.05, 4.69) is 29.5 Å². The summed E-state index contributed by atoms with van der Waals surface area (Å²) in [6, 6.07) is 1.62. The van der Waals surface area contributed by atoms with Crippen LogP contribution in [0.2, 0.25) is 5.02 Å². The van der Waals surface area contributed by atoms with E-state index in [0.717, 1.165) is 6.42 Å². The summed E-state index contributed by atoms with van der Waals surface area (Å²) in [6.07, 6.45) is 2.48. The largest absolute Gasteiger partial charge is 0.380 e. The molecule has 1 rings (SSSR count). The molecule has 0 saturated heterocycles. The topological polar surface area (TPSA) is 63.2 Å². The molecule has 112 valence electrons. The van der Waals surface area contributed by atoms with E-state index in [1.807, 2.05) is 0 Å². The number of hydrogen-bond acceptors (Lipinski definition) is 4. The average molecular weight is 300 g/mol. The molecule has 0 unspecified atom stereocenters. The highest BCUT2D eigenvalue weighted by Gasteiger charge is 2.11. The number of rotatable bonds is 8. The maximum absolute atomic E-state index is 12.0. The lowest BCUT2D eigenvalue weighted by atomic mass is 10.1. The van der Waals surface area contributed by atoms with Crippen molar-refractivity contribution in [3.63, 3.8) is 0 Å². The van der Waals surface area contributed by atoms with Crippen molar-refractivity contribution in [2.75, 3.05) is 32.1 Å². The molecule has 0 bridgehead atoms. The molecule has 20 heavy (non-hydrogen) atoms. The van der Waals surface area contributed by atoms with Gasteiger partial charge in [0.25, 0.3) is 5.91 Å². The monoisotopic (exact) mass is 299 g/mol. The fourth-order valence-electron chi connectivity index (χ4n) is 1.50. The summed E-state index contributed by atoms with van der Waals surface area (Å²) in [5, 5.41) is 5.98. The first-order chi connectivity index (χ1) is 9.54. The molecule has 0 aliphatic rings. The number of nitrogens with zero attached hydrogens (tertiary/aromatic N) is 1. The molecule has 5 nitrogen and oxygen atoms in total. The van der Waals surface area contributed by atoms with Crippen molar-refractivity contribution in [1.29, 1.82) is 0 Å². The number of halogens is 1. The predicted molar refractivity (Wildman–Crippen MR) is 81.4 cm³/mol. The molecule has 0 fully saturated rings. The van der Waals surface area contributed by atoms with Gasteiger partial charge in [0.05, 0.1) is 17.2 Å². The molecule has 6 heteroatoms. The summed E-state index contributed by atoms with van der Waals surface area (Å²) in [5.41, 5.74) is 0.410. The van der Waals surface area contributed by atoms with E-state index >= 15 is 0 Å². The van der Waals surface area contributed by atoms with Gasteiger partial charge in [0.15, 0.2) is 0 Å². The Kier molecular flexibility index (Phi) is 7.33. The summed E-state index contributed by atoms with van der Waals surface area (Å²) in [5.74, 6) is 1.01. The fraction of sp³-hybridized carbons (Fsp3) is 0.571. The summed E-state index contributed by atoms with van der Waals surface area (Å²) in [4.78, 5) is 16.0. The second kappa shape index (κ2) is 8.76. The van der Waals surface area contributed by atoms with E-state index in [-0.39, 0.29) is 5.91 Å². The number of ether oxygens (including phenoxy) is 1. The van der Waals surface area contributed by atoms with Gasteiger partial charge in [-0.05, 0) is 18.4 Å². The van der Waals surface area contributed by atoms with Crippen LogP contribution in [0, 0.1) is 5.92 Å². The Balaban J connectivity index is 2.36. The Hall–Kier alpha value is -1.33. The normalized spacial score (nSPS) is 10.7. The lowest BCUT2D eigenvalue weighted by molar-refractivity contribution is 0.0906. The molecule has 0 saturated carbocycles. The smallest absolute Gasteiger partial charge is 0.253 e. The average Bonchev–Trinajstić information content (AvgIpc) is 2.42. The highest BCUT2D eigenvalue weighted by Crippen LogP contribution is 2.17. The van der Waals surface area contributed by atoms with E-state index in [1.54, 1.807) is 13.1 Å². The van der Waals surface area contributed by atoms with Crippen LogP contribution in [0.1, 0.15) is 30.6 Å². The molecule has 1 heterocycles. The Labute approximate surface area is 125 Å². The maximum atomic E-state index is 12.0. The van der Waals surface area contributed by atoms with Crippen molar-refractivity contribution >= 4 is 23.3 Å². The summed E-state index contributed by atoms with van der Waals surface area (Å²) in [7, 11) is 1.74. The van der Waals surface area contributed by atoms with E-state index in [0.29, 0.717) is 42.1 Å². The van der Waals surface area contributed by atoms with Crippen molar-refractivity contribution in [3.8, 4) is 0 Å². The summed E-state index contributed by atoms with van der Waals surface area (Å²) in [6.45, 7) is 5.98. The van der Waals surface area contributed by atoms with Gasteiger partial charge in [-0.1, -0.05) is 25.4 Å². The quantitative estimate of drug-likeness (QED) is 0.724. The number of carbonyl (C=O) groups excluding carboxylic acids is 1. The SMILES string of the molecule is CNc1cc(C(=O)NCCOCCC(C)C)c(Cl)cn1. The highest BCUT2D eigenvalue weighted by molar-refractivity contribution is 6.33. The first-order valence-electron chi connectivity index (χ1n) is 6.73. The van der Waals surface area contributed by atoms with Crippen molar-refractivity contribution < 1.29 is 9.53 Å². The molecule has 0 radical (unpaired) electrons. The zero-order valence-corrected chi connectivity index (χ0v) is 13.0. The molecule has 0 spiro atoms. The fourth-order valence-corrected chi connectivity index (χ4v) is 1.69. The van der Waals surface area contributed by atoms with Crippen LogP contribution in [0.5, 0.6) is 0 Å². The molecule has 0 aliphatic carbocycles. The van der Waals surface area contributed by atoms with Crippen molar-refractivity contribution in [1.82, 2.24) is 10.3 Å². The molecule has 0 atom stereocenters. The zero-order chi connectivity index (χ0) is 15.0. The van der Waals surface area contributed by atoms with Gasteiger partial charge in [-0.15, -0.1) is 0 Å². The zero-order valence-electron chi connectivity index (χ0n) is 12.2. The summed E-state index contributed by atoms with van der Waals surface area (Å²) >= 11 is 5.96. The number of hydrogen-bond donors (Lipinski definition) is 2. The molecule has 0 aromatic carbocycles. The van der Waals surface area contributed by atoms with Crippen molar-refractivity contribution in [2.45, 2.75) is 20.3 Å². The van der Waals surface area contributed by atoms with Gasteiger partial charge in [-0.25, -0.2) is 4.98 Å². The lowest BCUT2D eigenvalue weighted by Gasteiger charge is -2.09. The van der Waals surface area contributed by atoms with Crippen LogP contribution < -0.4 is 10.6 Å². The Morgan fingerprint density at radius 3 is 2.85 bits per heavy atom. The molecule has 2 N–H and O–H groups in total.